The van der Waals surface area contributed by atoms with E-state index in [4.69, 9.17) is 0 Å². The highest BCUT2D eigenvalue weighted by atomic mass is 32.2. The van der Waals surface area contributed by atoms with Crippen molar-refractivity contribution < 1.29 is 8.42 Å². The predicted octanol–water partition coefficient (Wildman–Crippen LogP) is 1.24. The Morgan fingerprint density at radius 1 is 1.23 bits per heavy atom. The molecule has 3 nitrogen and oxygen atoms in total. The standard InChI is InChI=1S/C9H13NO2S/c11-13(12)7-3-4-9(8-13)10-5-1-2-6-10/h1-2,5-6,9H,3-4,7-8H2. The van der Waals surface area contributed by atoms with E-state index in [0.717, 1.165) is 12.8 Å². The minimum absolute atomic E-state index is 0.161. The van der Waals surface area contributed by atoms with Crippen LogP contribution >= 0.6 is 0 Å². The van der Waals surface area contributed by atoms with Crippen LogP contribution in [0.4, 0.5) is 0 Å². The number of hydrogen-bond acceptors (Lipinski definition) is 2. The first-order chi connectivity index (χ1) is 6.17. The first-order valence-electron chi connectivity index (χ1n) is 4.50. The molecule has 2 heterocycles. The molecule has 0 amide bonds. The zero-order valence-electron chi connectivity index (χ0n) is 7.39. The maximum atomic E-state index is 11.3. The molecule has 13 heavy (non-hydrogen) atoms. The van der Waals surface area contributed by atoms with Crippen molar-refractivity contribution in [1.29, 1.82) is 0 Å². The summed E-state index contributed by atoms with van der Waals surface area (Å²) in [7, 11) is -2.78. The molecule has 2 rings (SSSR count). The van der Waals surface area contributed by atoms with E-state index < -0.39 is 9.84 Å². The van der Waals surface area contributed by atoms with Crippen LogP contribution in [0.1, 0.15) is 18.9 Å². The van der Waals surface area contributed by atoms with Crippen molar-refractivity contribution in [2.24, 2.45) is 0 Å². The maximum absolute atomic E-state index is 11.3. The summed E-state index contributed by atoms with van der Waals surface area (Å²) >= 11 is 0. The Morgan fingerprint density at radius 2 is 1.92 bits per heavy atom. The Labute approximate surface area is 78.3 Å². The molecule has 1 aromatic rings. The molecule has 1 unspecified atom stereocenters. The highest BCUT2D eigenvalue weighted by Gasteiger charge is 2.24. The molecule has 1 aliphatic rings. The molecule has 0 saturated carbocycles. The molecular formula is C9H13NO2S. The van der Waals surface area contributed by atoms with Crippen LogP contribution in [-0.2, 0) is 9.84 Å². The SMILES string of the molecule is O=S1(=O)CCCC(n2cccc2)C1. The summed E-state index contributed by atoms with van der Waals surface area (Å²) < 4.78 is 24.7. The minimum Gasteiger partial charge on any atom is -0.350 e. The first-order valence-corrected chi connectivity index (χ1v) is 6.32. The largest absolute Gasteiger partial charge is 0.350 e. The minimum atomic E-state index is -2.78. The van der Waals surface area contributed by atoms with E-state index in [1.807, 2.05) is 29.1 Å². The third-order valence-electron chi connectivity index (χ3n) is 2.49. The van der Waals surface area contributed by atoms with Crippen molar-refractivity contribution >= 4 is 9.84 Å². The van der Waals surface area contributed by atoms with Crippen molar-refractivity contribution in [3.05, 3.63) is 24.5 Å². The van der Waals surface area contributed by atoms with E-state index >= 15 is 0 Å². The average Bonchev–Trinajstić information content (AvgIpc) is 2.53. The highest BCUT2D eigenvalue weighted by molar-refractivity contribution is 7.91. The lowest BCUT2D eigenvalue weighted by atomic mass is 10.2. The summed E-state index contributed by atoms with van der Waals surface area (Å²) in [5, 5.41) is 0. The van der Waals surface area contributed by atoms with Crippen LogP contribution in [0.25, 0.3) is 0 Å². The smallest absolute Gasteiger partial charge is 0.152 e. The lowest BCUT2D eigenvalue weighted by molar-refractivity contribution is 0.472. The zero-order valence-corrected chi connectivity index (χ0v) is 8.20. The van der Waals surface area contributed by atoms with Crippen molar-refractivity contribution in [2.75, 3.05) is 11.5 Å². The molecule has 0 aliphatic carbocycles. The number of rotatable bonds is 1. The van der Waals surface area contributed by atoms with Gasteiger partial charge in [0.2, 0.25) is 0 Å². The summed E-state index contributed by atoms with van der Waals surface area (Å²) in [6, 6.07) is 4.02. The molecule has 1 aromatic heterocycles. The van der Waals surface area contributed by atoms with Gasteiger partial charge in [0.05, 0.1) is 11.5 Å². The van der Waals surface area contributed by atoms with Gasteiger partial charge in [0, 0.05) is 18.4 Å². The van der Waals surface area contributed by atoms with Crippen LogP contribution in [-0.4, -0.2) is 24.5 Å². The third kappa shape index (κ3) is 1.94. The topological polar surface area (TPSA) is 39.1 Å². The molecule has 0 spiro atoms. The second kappa shape index (κ2) is 3.18. The van der Waals surface area contributed by atoms with Gasteiger partial charge in [-0.2, -0.15) is 0 Å². The van der Waals surface area contributed by atoms with E-state index in [9.17, 15) is 8.42 Å². The van der Waals surface area contributed by atoms with Gasteiger partial charge in [-0.1, -0.05) is 0 Å². The van der Waals surface area contributed by atoms with Gasteiger partial charge in [-0.3, -0.25) is 0 Å². The second-order valence-corrected chi connectivity index (χ2v) is 5.77. The fourth-order valence-electron chi connectivity index (χ4n) is 1.83. The highest BCUT2D eigenvalue weighted by Crippen LogP contribution is 2.22. The molecule has 1 fully saturated rings. The van der Waals surface area contributed by atoms with E-state index in [-0.39, 0.29) is 6.04 Å². The van der Waals surface area contributed by atoms with E-state index in [1.165, 1.54) is 0 Å². The van der Waals surface area contributed by atoms with Crippen molar-refractivity contribution in [3.8, 4) is 0 Å². The number of aromatic nitrogens is 1. The summed E-state index contributed by atoms with van der Waals surface area (Å²) in [5.41, 5.74) is 0. The molecule has 1 atom stereocenters. The lowest BCUT2D eigenvalue weighted by Gasteiger charge is -2.23. The Bertz CT molecular complexity index is 366. The fraction of sp³-hybridized carbons (Fsp3) is 0.556. The second-order valence-electron chi connectivity index (χ2n) is 3.54. The van der Waals surface area contributed by atoms with Crippen LogP contribution in [0.15, 0.2) is 24.5 Å². The monoisotopic (exact) mass is 199 g/mol. The molecule has 72 valence electrons. The normalized spacial score (nSPS) is 27.2. The van der Waals surface area contributed by atoms with Gasteiger partial charge in [0.1, 0.15) is 0 Å². The Morgan fingerprint density at radius 3 is 2.54 bits per heavy atom. The number of sulfone groups is 1. The predicted molar refractivity (Wildman–Crippen MR) is 51.4 cm³/mol. The molecule has 4 heteroatoms. The van der Waals surface area contributed by atoms with Gasteiger partial charge >= 0.3 is 0 Å². The van der Waals surface area contributed by atoms with Crippen molar-refractivity contribution in [3.63, 3.8) is 0 Å². The summed E-state index contributed by atoms with van der Waals surface area (Å²) in [6.07, 6.45) is 5.65. The van der Waals surface area contributed by atoms with E-state index in [0.29, 0.717) is 11.5 Å². The van der Waals surface area contributed by atoms with Gasteiger partial charge in [0.25, 0.3) is 0 Å². The van der Waals surface area contributed by atoms with E-state index in [2.05, 4.69) is 0 Å². The van der Waals surface area contributed by atoms with Gasteiger partial charge < -0.3 is 4.57 Å². The summed E-state index contributed by atoms with van der Waals surface area (Å²) in [6.45, 7) is 0. The van der Waals surface area contributed by atoms with Gasteiger partial charge in [-0.25, -0.2) is 8.42 Å². The van der Waals surface area contributed by atoms with Crippen LogP contribution in [0.2, 0.25) is 0 Å². The Hall–Kier alpha value is -0.770. The van der Waals surface area contributed by atoms with Crippen LogP contribution in [0.3, 0.4) is 0 Å². The zero-order chi connectivity index (χ0) is 9.31. The van der Waals surface area contributed by atoms with E-state index in [1.54, 1.807) is 0 Å². The molecule has 1 aliphatic heterocycles. The number of hydrogen-bond donors (Lipinski definition) is 0. The number of nitrogens with zero attached hydrogens (tertiary/aromatic N) is 1. The third-order valence-corrected chi connectivity index (χ3v) is 4.29. The summed E-state index contributed by atoms with van der Waals surface area (Å²) in [4.78, 5) is 0. The molecule has 0 radical (unpaired) electrons. The van der Waals surface area contributed by atoms with Gasteiger partial charge in [-0.15, -0.1) is 0 Å². The van der Waals surface area contributed by atoms with Crippen LogP contribution < -0.4 is 0 Å². The van der Waals surface area contributed by atoms with Crippen LogP contribution in [0.5, 0.6) is 0 Å². The van der Waals surface area contributed by atoms with Crippen molar-refractivity contribution in [2.45, 2.75) is 18.9 Å². The molecule has 1 saturated heterocycles. The quantitative estimate of drug-likeness (QED) is 0.682. The molecule has 0 aromatic carbocycles. The van der Waals surface area contributed by atoms with Crippen molar-refractivity contribution in [1.82, 2.24) is 4.57 Å². The lowest BCUT2D eigenvalue weighted by Crippen LogP contribution is -2.26. The molecule has 0 bridgehead atoms. The first kappa shape index (κ1) is 8.81. The molecular weight excluding hydrogens is 186 g/mol. The average molecular weight is 199 g/mol. The van der Waals surface area contributed by atoms with Crippen LogP contribution in [0, 0.1) is 0 Å². The Kier molecular flexibility index (Phi) is 2.15. The molecule has 0 N–H and O–H groups in total. The fourth-order valence-corrected chi connectivity index (χ4v) is 3.52. The van der Waals surface area contributed by atoms with Gasteiger partial charge in [0.15, 0.2) is 9.84 Å². The Balaban J connectivity index is 2.18. The maximum Gasteiger partial charge on any atom is 0.152 e. The van der Waals surface area contributed by atoms with Gasteiger partial charge in [-0.05, 0) is 25.0 Å². The summed E-state index contributed by atoms with van der Waals surface area (Å²) in [5.74, 6) is 0.673.